The highest BCUT2D eigenvalue weighted by Crippen LogP contribution is 2.61. The van der Waals surface area contributed by atoms with Crippen LogP contribution in [-0.2, 0) is 19.1 Å². The third kappa shape index (κ3) is 4.21. The van der Waals surface area contributed by atoms with Crippen LogP contribution in [0.4, 0.5) is 26.3 Å². The van der Waals surface area contributed by atoms with E-state index in [1.165, 1.54) is 13.8 Å². The Morgan fingerprint density at radius 1 is 1.03 bits per heavy atom. The second-order valence-electron chi connectivity index (χ2n) is 11.6. The highest BCUT2D eigenvalue weighted by atomic mass is 19.4. The van der Waals surface area contributed by atoms with Crippen molar-refractivity contribution < 1.29 is 45.4 Å². The Morgan fingerprint density at radius 3 is 1.94 bits per heavy atom. The van der Waals surface area contributed by atoms with Crippen LogP contribution in [0.15, 0.2) is 0 Å². The molecule has 5 atom stereocenters. The molecule has 4 bridgehead atoms. The van der Waals surface area contributed by atoms with Crippen molar-refractivity contribution in [3.8, 4) is 0 Å². The molecule has 4 fully saturated rings. The molecule has 0 radical (unpaired) electrons. The number of halogens is 6. The van der Waals surface area contributed by atoms with Gasteiger partial charge in [-0.3, -0.25) is 4.79 Å². The maximum absolute atomic E-state index is 14.0. The molecule has 0 aromatic heterocycles. The van der Waals surface area contributed by atoms with Crippen LogP contribution in [0.2, 0.25) is 0 Å². The van der Waals surface area contributed by atoms with Gasteiger partial charge < -0.3 is 9.47 Å². The number of carbonyl (C=O) groups excluding carboxylic acids is 2. The Kier molecular flexibility index (Phi) is 6.84. The summed E-state index contributed by atoms with van der Waals surface area (Å²) in [6.45, 7) is 9.38. The lowest BCUT2D eigenvalue weighted by molar-refractivity contribution is -0.377. The van der Waals surface area contributed by atoms with Gasteiger partial charge in [0.25, 0.3) is 0 Å². The average Bonchev–Trinajstić information content (AvgIpc) is 3.37. The van der Waals surface area contributed by atoms with Gasteiger partial charge in [-0.25, -0.2) is 4.79 Å². The van der Waals surface area contributed by atoms with Crippen LogP contribution in [0.1, 0.15) is 79.6 Å². The van der Waals surface area contributed by atoms with E-state index in [-0.39, 0.29) is 31.1 Å². The van der Waals surface area contributed by atoms with Gasteiger partial charge in [-0.2, -0.15) is 26.3 Å². The fourth-order valence-corrected chi connectivity index (χ4v) is 6.34. The summed E-state index contributed by atoms with van der Waals surface area (Å²) in [6, 6.07) is 0. The summed E-state index contributed by atoms with van der Waals surface area (Å²) in [5, 5.41) is 0. The molecular formula is C24H34F6O4. The molecule has 4 nitrogen and oxygen atoms in total. The van der Waals surface area contributed by atoms with E-state index < -0.39 is 59.2 Å². The summed E-state index contributed by atoms with van der Waals surface area (Å²) < 4.78 is 93.6. The quantitative estimate of drug-likeness (QED) is 0.322. The Hall–Kier alpha value is -1.48. The molecule has 1 saturated heterocycles. The third-order valence-electron chi connectivity index (χ3n) is 8.20. The predicted molar refractivity (Wildman–Crippen MR) is 110 cm³/mol. The van der Waals surface area contributed by atoms with Gasteiger partial charge in [0, 0.05) is 11.8 Å². The predicted octanol–water partition coefficient (Wildman–Crippen LogP) is 6.61. The first kappa shape index (κ1) is 27.1. The number of rotatable bonds is 4. The fourth-order valence-electron chi connectivity index (χ4n) is 6.34. The third-order valence-corrected chi connectivity index (χ3v) is 8.20. The molecule has 1 aliphatic heterocycles. The second kappa shape index (κ2) is 8.57. The van der Waals surface area contributed by atoms with Gasteiger partial charge in [0.15, 0.2) is 0 Å². The Labute approximate surface area is 196 Å². The Morgan fingerprint density at radius 2 is 1.59 bits per heavy atom. The van der Waals surface area contributed by atoms with Crippen molar-refractivity contribution in [2.24, 2.45) is 35.0 Å². The zero-order valence-corrected chi connectivity index (χ0v) is 20.2. The first-order valence-corrected chi connectivity index (χ1v) is 12.0. The van der Waals surface area contributed by atoms with Crippen LogP contribution in [0.25, 0.3) is 0 Å². The zero-order valence-electron chi connectivity index (χ0n) is 20.2. The van der Waals surface area contributed by atoms with Crippen molar-refractivity contribution in [2.45, 2.75) is 103 Å². The SMILES string of the molecule is CC(C)C.CC1(C)C2CCC1(C(=O)OC(CC1CC3CCC1C3)(C(F)(F)F)C(F)(F)F)OC2=O. The van der Waals surface area contributed by atoms with Gasteiger partial charge in [-0.15, -0.1) is 0 Å². The van der Waals surface area contributed by atoms with E-state index in [1.807, 2.05) is 0 Å². The van der Waals surface area contributed by atoms with Gasteiger partial charge in [-0.1, -0.05) is 41.0 Å². The lowest BCUT2D eigenvalue weighted by atomic mass is 9.74. The normalized spacial score (nSPS) is 34.2. The van der Waals surface area contributed by atoms with E-state index >= 15 is 0 Å². The van der Waals surface area contributed by atoms with Crippen molar-refractivity contribution in [2.75, 3.05) is 0 Å². The summed E-state index contributed by atoms with van der Waals surface area (Å²) >= 11 is 0. The second-order valence-corrected chi connectivity index (χ2v) is 11.6. The standard InChI is InChI=1S/C20H24F6O4.C4H10/c1-16(2)13-5-6-17(16,29-14(13)27)15(28)30-18(19(21,22)23,20(24,25)26)9-12-8-10-3-4-11(12)7-10;1-4(2)3/h10-13H,3-9H2,1-2H3;4H,1-3H3. The van der Waals surface area contributed by atoms with Gasteiger partial charge in [0.05, 0.1) is 5.92 Å². The minimum absolute atomic E-state index is 0.124. The van der Waals surface area contributed by atoms with Crippen LogP contribution in [0.3, 0.4) is 0 Å². The number of esters is 2. The minimum Gasteiger partial charge on any atom is -0.446 e. The lowest BCUT2D eigenvalue weighted by Crippen LogP contribution is -2.63. The van der Waals surface area contributed by atoms with E-state index in [9.17, 15) is 35.9 Å². The van der Waals surface area contributed by atoms with Crippen LogP contribution in [0.5, 0.6) is 0 Å². The molecule has 1 heterocycles. The first-order chi connectivity index (χ1) is 15.4. The maximum atomic E-state index is 14.0. The largest absolute Gasteiger partial charge is 0.446 e. The van der Waals surface area contributed by atoms with Gasteiger partial charge in [0.1, 0.15) is 0 Å². The zero-order chi connectivity index (χ0) is 25.9. The van der Waals surface area contributed by atoms with E-state index in [4.69, 9.17) is 4.74 Å². The molecule has 5 unspecified atom stereocenters. The topological polar surface area (TPSA) is 52.6 Å². The molecule has 0 aromatic carbocycles. The van der Waals surface area contributed by atoms with Crippen LogP contribution in [0, 0.1) is 35.0 Å². The molecule has 0 N–H and O–H groups in total. The molecule has 0 spiro atoms. The van der Waals surface area contributed by atoms with Gasteiger partial charge in [-0.05, 0) is 55.8 Å². The number of ether oxygens (including phenoxy) is 2. The monoisotopic (exact) mass is 500 g/mol. The van der Waals surface area contributed by atoms with Crippen molar-refractivity contribution in [3.05, 3.63) is 0 Å². The first-order valence-electron chi connectivity index (χ1n) is 12.0. The number of hydrogen-bond donors (Lipinski definition) is 0. The van der Waals surface area contributed by atoms with Crippen molar-refractivity contribution >= 4 is 11.9 Å². The van der Waals surface area contributed by atoms with Gasteiger partial charge in [0.2, 0.25) is 5.60 Å². The fraction of sp³-hybridized carbons (Fsp3) is 0.917. The molecular weight excluding hydrogens is 466 g/mol. The molecule has 196 valence electrons. The number of fused-ring (bicyclic) bond motifs is 4. The van der Waals surface area contributed by atoms with Crippen molar-refractivity contribution in [1.29, 1.82) is 0 Å². The van der Waals surface area contributed by atoms with Crippen LogP contribution < -0.4 is 0 Å². The van der Waals surface area contributed by atoms with Crippen LogP contribution >= 0.6 is 0 Å². The van der Waals surface area contributed by atoms with Gasteiger partial charge >= 0.3 is 29.9 Å². The number of alkyl halides is 6. The molecule has 0 aromatic rings. The number of carbonyl (C=O) groups is 2. The Bertz CT molecular complexity index is 786. The summed E-state index contributed by atoms with van der Waals surface area (Å²) in [7, 11) is 0. The summed E-state index contributed by atoms with van der Waals surface area (Å²) in [5.41, 5.74) is -8.01. The minimum atomic E-state index is -5.86. The highest BCUT2D eigenvalue weighted by Gasteiger charge is 2.78. The van der Waals surface area contributed by atoms with E-state index in [0.717, 1.165) is 12.3 Å². The molecule has 3 saturated carbocycles. The van der Waals surface area contributed by atoms with Crippen molar-refractivity contribution in [3.63, 3.8) is 0 Å². The average molecular weight is 501 g/mol. The van der Waals surface area contributed by atoms with E-state index in [0.29, 0.717) is 12.8 Å². The highest BCUT2D eigenvalue weighted by molar-refractivity contribution is 5.91. The molecule has 34 heavy (non-hydrogen) atoms. The molecule has 3 aliphatic carbocycles. The van der Waals surface area contributed by atoms with E-state index in [2.05, 4.69) is 25.5 Å². The lowest BCUT2D eigenvalue weighted by Gasteiger charge is -2.42. The summed E-state index contributed by atoms with van der Waals surface area (Å²) in [4.78, 5) is 24.9. The molecule has 0 amide bonds. The van der Waals surface area contributed by atoms with Crippen LogP contribution in [-0.4, -0.2) is 35.5 Å². The molecule has 4 rings (SSSR count). The maximum Gasteiger partial charge on any atom is 0.437 e. The van der Waals surface area contributed by atoms with E-state index in [1.54, 1.807) is 0 Å². The van der Waals surface area contributed by atoms with Crippen molar-refractivity contribution in [1.82, 2.24) is 0 Å². The summed E-state index contributed by atoms with van der Waals surface area (Å²) in [5.74, 6) is -3.40. The molecule has 10 heteroatoms. The smallest absolute Gasteiger partial charge is 0.437 e. The summed E-state index contributed by atoms with van der Waals surface area (Å²) in [6.07, 6.45) is -10.8. The molecule has 4 aliphatic rings. The number of hydrogen-bond acceptors (Lipinski definition) is 4. The Balaban J connectivity index is 0.000000751.